The molecule has 0 bridgehead atoms. The van der Waals surface area contributed by atoms with Gasteiger partial charge in [-0.1, -0.05) is 26.0 Å². The molecule has 8 nitrogen and oxygen atoms in total. The number of nitrogens with one attached hydrogen (secondary N) is 1. The van der Waals surface area contributed by atoms with Crippen molar-refractivity contribution in [1.82, 2.24) is 24.3 Å². The molecule has 186 valence electrons. The molecule has 1 aromatic carbocycles. The highest BCUT2D eigenvalue weighted by atomic mass is 19.1. The number of H-pyrrole nitrogens is 1. The van der Waals surface area contributed by atoms with Crippen molar-refractivity contribution in [1.29, 1.82) is 0 Å². The third-order valence-electron chi connectivity index (χ3n) is 6.13. The quantitative estimate of drug-likeness (QED) is 0.507. The average Bonchev–Trinajstić information content (AvgIpc) is 3.64. The fourth-order valence-electron chi connectivity index (χ4n) is 4.14. The molecule has 3 aromatic rings. The van der Waals surface area contributed by atoms with Crippen molar-refractivity contribution in [2.24, 2.45) is 5.92 Å². The van der Waals surface area contributed by atoms with Gasteiger partial charge in [0, 0.05) is 37.8 Å². The van der Waals surface area contributed by atoms with Gasteiger partial charge >= 0.3 is 5.69 Å². The molecule has 2 heterocycles. The second-order valence-electron chi connectivity index (χ2n) is 9.99. The molecule has 1 amide bonds. The Bertz CT molecular complexity index is 1340. The van der Waals surface area contributed by atoms with E-state index in [1.165, 1.54) is 16.7 Å². The third kappa shape index (κ3) is 5.67. The minimum atomic E-state index is -0.613. The van der Waals surface area contributed by atoms with Crippen molar-refractivity contribution in [3.63, 3.8) is 0 Å². The van der Waals surface area contributed by atoms with Crippen LogP contribution < -0.4 is 11.2 Å². The standard InChI is InChI=1S/C26H32FN5O3/c1-16(2)14-32-23-22(24(33)29-26(32)35)20(13-21(28-23)18-7-8-18)25(34)31(12-11-30(3)4)15-17-5-9-19(27)10-6-17/h5-6,9-10,13,16,18H,7-8,11-12,14-15H2,1-4H3,(H,29,33,35). The fraction of sp³-hybridized carbons (Fsp3) is 0.462. The topological polar surface area (TPSA) is 91.3 Å². The van der Waals surface area contributed by atoms with E-state index < -0.39 is 11.2 Å². The lowest BCUT2D eigenvalue weighted by Gasteiger charge is -2.25. The second kappa shape index (κ2) is 10.1. The van der Waals surface area contributed by atoms with Crippen LogP contribution in [0.25, 0.3) is 11.0 Å². The molecule has 0 radical (unpaired) electrons. The van der Waals surface area contributed by atoms with Crippen molar-refractivity contribution >= 4 is 16.9 Å². The number of aromatic amines is 1. The molecule has 35 heavy (non-hydrogen) atoms. The first kappa shape index (κ1) is 24.8. The number of pyridine rings is 1. The Kier molecular flexibility index (Phi) is 7.16. The van der Waals surface area contributed by atoms with Gasteiger partial charge in [0.25, 0.3) is 11.5 Å². The zero-order valence-corrected chi connectivity index (χ0v) is 20.7. The molecular weight excluding hydrogens is 449 g/mol. The predicted molar refractivity (Wildman–Crippen MR) is 133 cm³/mol. The van der Waals surface area contributed by atoms with E-state index in [2.05, 4.69) is 4.98 Å². The van der Waals surface area contributed by atoms with Gasteiger partial charge in [-0.05, 0) is 56.6 Å². The average molecular weight is 482 g/mol. The molecule has 1 fully saturated rings. The molecule has 1 aliphatic carbocycles. The number of likely N-dealkylation sites (N-methyl/N-ethyl adjacent to an activating group) is 1. The summed E-state index contributed by atoms with van der Waals surface area (Å²) in [7, 11) is 3.84. The Balaban J connectivity index is 1.86. The Labute approximate surface area is 203 Å². The fourth-order valence-corrected chi connectivity index (χ4v) is 4.14. The van der Waals surface area contributed by atoms with Crippen LogP contribution in [0.5, 0.6) is 0 Å². The van der Waals surface area contributed by atoms with Crippen LogP contribution in [-0.2, 0) is 13.1 Å². The van der Waals surface area contributed by atoms with Crippen molar-refractivity contribution < 1.29 is 9.18 Å². The Morgan fingerprint density at radius 3 is 2.46 bits per heavy atom. The van der Waals surface area contributed by atoms with Gasteiger partial charge in [0.2, 0.25) is 0 Å². The van der Waals surface area contributed by atoms with Crippen molar-refractivity contribution in [2.45, 2.75) is 45.7 Å². The number of fused-ring (bicyclic) bond motifs is 1. The summed E-state index contributed by atoms with van der Waals surface area (Å²) in [5, 5.41) is 0.133. The van der Waals surface area contributed by atoms with Crippen LogP contribution >= 0.6 is 0 Å². The molecule has 1 aliphatic rings. The number of hydrogen-bond acceptors (Lipinski definition) is 5. The van der Waals surface area contributed by atoms with Crippen molar-refractivity contribution in [3.8, 4) is 0 Å². The normalized spacial score (nSPS) is 13.7. The maximum atomic E-state index is 14.0. The van der Waals surface area contributed by atoms with E-state index in [4.69, 9.17) is 4.98 Å². The van der Waals surface area contributed by atoms with E-state index in [0.29, 0.717) is 19.6 Å². The zero-order chi connectivity index (χ0) is 25.3. The van der Waals surface area contributed by atoms with Gasteiger partial charge in [-0.25, -0.2) is 14.2 Å². The number of halogens is 1. The predicted octanol–water partition coefficient (Wildman–Crippen LogP) is 2.96. The highest BCUT2D eigenvalue weighted by Crippen LogP contribution is 2.40. The van der Waals surface area contributed by atoms with E-state index >= 15 is 0 Å². The zero-order valence-electron chi connectivity index (χ0n) is 20.7. The molecule has 9 heteroatoms. The van der Waals surface area contributed by atoms with Gasteiger partial charge in [-0.3, -0.25) is 19.1 Å². The minimum Gasteiger partial charge on any atom is -0.333 e. The van der Waals surface area contributed by atoms with Crippen LogP contribution in [0, 0.1) is 11.7 Å². The number of amides is 1. The largest absolute Gasteiger partial charge is 0.333 e. The summed E-state index contributed by atoms with van der Waals surface area (Å²) < 4.78 is 14.9. The van der Waals surface area contributed by atoms with Gasteiger partial charge in [0.05, 0.1) is 10.9 Å². The highest BCUT2D eigenvalue weighted by molar-refractivity contribution is 6.05. The molecular formula is C26H32FN5O3. The Morgan fingerprint density at radius 2 is 1.86 bits per heavy atom. The van der Waals surface area contributed by atoms with Crippen LogP contribution in [0.3, 0.4) is 0 Å². The molecule has 4 rings (SSSR count). The molecule has 0 atom stereocenters. The van der Waals surface area contributed by atoms with Crippen LogP contribution in [0.15, 0.2) is 39.9 Å². The van der Waals surface area contributed by atoms with Crippen LogP contribution in [0.4, 0.5) is 4.39 Å². The van der Waals surface area contributed by atoms with Gasteiger partial charge < -0.3 is 9.80 Å². The SMILES string of the molecule is CC(C)Cn1c(=O)[nH]c(=O)c2c(C(=O)N(CCN(C)C)Cc3ccc(F)cc3)cc(C3CC3)nc21. The van der Waals surface area contributed by atoms with Gasteiger partial charge in [-0.15, -0.1) is 0 Å². The molecule has 1 saturated carbocycles. The van der Waals surface area contributed by atoms with Crippen molar-refractivity contribution in [2.75, 3.05) is 27.2 Å². The number of benzene rings is 1. The highest BCUT2D eigenvalue weighted by Gasteiger charge is 2.30. The van der Waals surface area contributed by atoms with E-state index in [0.717, 1.165) is 24.1 Å². The first-order valence-electron chi connectivity index (χ1n) is 12.0. The molecule has 0 unspecified atom stereocenters. The molecule has 1 N–H and O–H groups in total. The van der Waals surface area contributed by atoms with Crippen LogP contribution in [0.1, 0.15) is 54.2 Å². The summed E-state index contributed by atoms with van der Waals surface area (Å²) in [6, 6.07) is 7.75. The smallest absolute Gasteiger partial charge is 0.330 e. The summed E-state index contributed by atoms with van der Waals surface area (Å²) >= 11 is 0. The lowest BCUT2D eigenvalue weighted by molar-refractivity contribution is 0.0733. The summed E-state index contributed by atoms with van der Waals surface area (Å²) in [5.41, 5.74) is 0.886. The summed E-state index contributed by atoms with van der Waals surface area (Å²) in [6.07, 6.45) is 1.92. The van der Waals surface area contributed by atoms with E-state index in [1.807, 2.05) is 32.8 Å². The van der Waals surface area contributed by atoms with Crippen molar-refractivity contribution in [3.05, 3.63) is 73.8 Å². The van der Waals surface area contributed by atoms with Gasteiger partial charge in [0.1, 0.15) is 5.82 Å². The first-order chi connectivity index (χ1) is 16.6. The molecule has 0 saturated heterocycles. The van der Waals surface area contributed by atoms with Crippen LogP contribution in [-0.4, -0.2) is 57.4 Å². The van der Waals surface area contributed by atoms with Crippen LogP contribution in [0.2, 0.25) is 0 Å². The minimum absolute atomic E-state index is 0.133. The Morgan fingerprint density at radius 1 is 1.17 bits per heavy atom. The van der Waals surface area contributed by atoms with E-state index in [-0.39, 0.29) is 46.7 Å². The molecule has 0 aliphatic heterocycles. The number of nitrogens with zero attached hydrogens (tertiary/aromatic N) is 4. The lowest BCUT2D eigenvalue weighted by Crippen LogP contribution is -2.38. The summed E-state index contributed by atoms with van der Waals surface area (Å²) in [6.45, 7) is 5.62. The third-order valence-corrected chi connectivity index (χ3v) is 6.13. The number of carbonyl (C=O) groups is 1. The summed E-state index contributed by atoms with van der Waals surface area (Å²) in [5.74, 6) is -0.294. The second-order valence-corrected chi connectivity index (χ2v) is 9.99. The van der Waals surface area contributed by atoms with Gasteiger partial charge in [0.15, 0.2) is 5.65 Å². The number of hydrogen-bond donors (Lipinski definition) is 1. The molecule has 2 aromatic heterocycles. The first-order valence-corrected chi connectivity index (χ1v) is 12.0. The maximum Gasteiger partial charge on any atom is 0.330 e. The molecule has 0 spiro atoms. The summed E-state index contributed by atoms with van der Waals surface area (Å²) in [4.78, 5) is 50.4. The van der Waals surface area contributed by atoms with Gasteiger partial charge in [-0.2, -0.15) is 0 Å². The number of carbonyl (C=O) groups excluding carboxylic acids is 1. The Hall–Kier alpha value is -3.33. The number of aromatic nitrogens is 3. The van der Waals surface area contributed by atoms with E-state index in [9.17, 15) is 18.8 Å². The monoisotopic (exact) mass is 481 g/mol. The maximum absolute atomic E-state index is 14.0. The number of rotatable bonds is 9. The van der Waals surface area contributed by atoms with E-state index in [1.54, 1.807) is 23.1 Å². The lowest BCUT2D eigenvalue weighted by atomic mass is 10.1.